The molecular weight excluding hydrogens is 311 g/mol. The summed E-state index contributed by atoms with van der Waals surface area (Å²) in [4.78, 5) is 0.142. The minimum atomic E-state index is -3.58. The highest BCUT2D eigenvalue weighted by Gasteiger charge is 2.30. The van der Waals surface area contributed by atoms with Gasteiger partial charge < -0.3 is 5.73 Å². The summed E-state index contributed by atoms with van der Waals surface area (Å²) in [6.45, 7) is 4.62. The molecule has 0 radical (unpaired) electrons. The highest BCUT2D eigenvalue weighted by atomic mass is 32.2. The van der Waals surface area contributed by atoms with E-state index in [1.54, 1.807) is 18.7 Å². The largest absolute Gasteiger partial charge is 0.326 e. The van der Waals surface area contributed by atoms with Crippen LogP contribution in [0.3, 0.4) is 0 Å². The third kappa shape index (κ3) is 3.41. The second-order valence-corrected chi connectivity index (χ2v) is 8.53. The lowest BCUT2D eigenvalue weighted by molar-refractivity contribution is 0.415. The van der Waals surface area contributed by atoms with Crippen molar-refractivity contribution in [2.75, 3.05) is 18.8 Å². The standard InChI is InChI=1S/C14H21FN2O2S2/c1-3-12-9-17(4-5-20-12)21(18,19)13-6-10(2)14(15)11(7-13)8-16/h6-7,12H,3-5,8-9,16H2,1-2H3. The molecule has 1 saturated heterocycles. The van der Waals surface area contributed by atoms with Crippen LogP contribution in [0.2, 0.25) is 0 Å². The Labute approximate surface area is 129 Å². The first kappa shape index (κ1) is 16.7. The molecule has 0 aliphatic carbocycles. The van der Waals surface area contributed by atoms with Gasteiger partial charge in [-0.2, -0.15) is 16.1 Å². The van der Waals surface area contributed by atoms with E-state index in [0.717, 1.165) is 12.2 Å². The van der Waals surface area contributed by atoms with Crippen LogP contribution in [0.15, 0.2) is 17.0 Å². The second-order valence-electron chi connectivity index (χ2n) is 5.18. The van der Waals surface area contributed by atoms with Gasteiger partial charge in [-0.1, -0.05) is 6.92 Å². The SMILES string of the molecule is CCC1CN(S(=O)(=O)c2cc(C)c(F)c(CN)c2)CCS1. The highest BCUT2D eigenvalue weighted by molar-refractivity contribution is 8.00. The van der Waals surface area contributed by atoms with Crippen LogP contribution in [-0.2, 0) is 16.6 Å². The molecule has 2 N–H and O–H groups in total. The van der Waals surface area contributed by atoms with E-state index in [4.69, 9.17) is 5.73 Å². The molecule has 7 heteroatoms. The number of thioether (sulfide) groups is 1. The Morgan fingerprint density at radius 1 is 1.48 bits per heavy atom. The van der Waals surface area contributed by atoms with Crippen molar-refractivity contribution >= 4 is 21.8 Å². The van der Waals surface area contributed by atoms with Gasteiger partial charge in [-0.05, 0) is 31.0 Å². The van der Waals surface area contributed by atoms with E-state index >= 15 is 0 Å². The summed E-state index contributed by atoms with van der Waals surface area (Å²) in [7, 11) is -3.58. The zero-order valence-corrected chi connectivity index (χ0v) is 13.9. The van der Waals surface area contributed by atoms with E-state index in [-0.39, 0.29) is 17.0 Å². The van der Waals surface area contributed by atoms with Gasteiger partial charge in [0.1, 0.15) is 5.82 Å². The molecule has 21 heavy (non-hydrogen) atoms. The van der Waals surface area contributed by atoms with E-state index < -0.39 is 15.8 Å². The molecule has 4 nitrogen and oxygen atoms in total. The van der Waals surface area contributed by atoms with Crippen LogP contribution in [0.25, 0.3) is 0 Å². The van der Waals surface area contributed by atoms with Crippen molar-refractivity contribution in [3.05, 3.63) is 29.1 Å². The predicted octanol–water partition coefficient (Wildman–Crippen LogP) is 2.11. The maximum absolute atomic E-state index is 13.8. The van der Waals surface area contributed by atoms with Gasteiger partial charge in [-0.3, -0.25) is 0 Å². The third-order valence-electron chi connectivity index (χ3n) is 3.72. The summed E-state index contributed by atoms with van der Waals surface area (Å²) in [6, 6.07) is 2.76. The first-order valence-electron chi connectivity index (χ1n) is 7.01. The molecule has 1 fully saturated rings. The monoisotopic (exact) mass is 332 g/mol. The molecule has 1 aromatic rings. The van der Waals surface area contributed by atoms with Gasteiger partial charge in [0.25, 0.3) is 0 Å². The van der Waals surface area contributed by atoms with Gasteiger partial charge in [0.2, 0.25) is 10.0 Å². The first-order valence-corrected chi connectivity index (χ1v) is 9.49. The van der Waals surface area contributed by atoms with Crippen LogP contribution in [0.5, 0.6) is 0 Å². The molecule has 1 aromatic carbocycles. The Morgan fingerprint density at radius 3 is 2.81 bits per heavy atom. The van der Waals surface area contributed by atoms with E-state index in [1.807, 2.05) is 0 Å². The Kier molecular flexibility index (Phi) is 5.29. The second kappa shape index (κ2) is 6.64. The van der Waals surface area contributed by atoms with Gasteiger partial charge in [0.15, 0.2) is 0 Å². The third-order valence-corrected chi connectivity index (χ3v) is 6.93. The number of hydrogen-bond donors (Lipinski definition) is 1. The Hall–Kier alpha value is -0.630. The molecule has 0 amide bonds. The first-order chi connectivity index (χ1) is 9.90. The fourth-order valence-electron chi connectivity index (χ4n) is 2.41. The van der Waals surface area contributed by atoms with Crippen molar-refractivity contribution in [2.45, 2.75) is 37.0 Å². The van der Waals surface area contributed by atoms with E-state index in [1.165, 1.54) is 16.4 Å². The predicted molar refractivity (Wildman–Crippen MR) is 84.3 cm³/mol. The molecule has 0 bridgehead atoms. The van der Waals surface area contributed by atoms with Crippen molar-refractivity contribution in [3.63, 3.8) is 0 Å². The van der Waals surface area contributed by atoms with Gasteiger partial charge in [-0.15, -0.1) is 0 Å². The van der Waals surface area contributed by atoms with Gasteiger partial charge >= 0.3 is 0 Å². The van der Waals surface area contributed by atoms with Crippen molar-refractivity contribution in [2.24, 2.45) is 5.73 Å². The number of nitrogens with zero attached hydrogens (tertiary/aromatic N) is 1. The number of nitrogens with two attached hydrogens (primary N) is 1. The van der Waals surface area contributed by atoms with E-state index in [2.05, 4.69) is 6.92 Å². The Morgan fingerprint density at radius 2 is 2.19 bits per heavy atom. The molecule has 0 aromatic heterocycles. The number of benzene rings is 1. The fraction of sp³-hybridized carbons (Fsp3) is 0.571. The number of halogens is 1. The Bertz CT molecular complexity index is 620. The molecule has 1 atom stereocenters. The van der Waals surface area contributed by atoms with Crippen molar-refractivity contribution in [3.8, 4) is 0 Å². The lowest BCUT2D eigenvalue weighted by atomic mass is 10.1. The molecular formula is C14H21FN2O2S2. The molecule has 1 heterocycles. The zero-order chi connectivity index (χ0) is 15.6. The summed E-state index contributed by atoms with van der Waals surface area (Å²) < 4.78 is 40.8. The topological polar surface area (TPSA) is 63.4 Å². The van der Waals surface area contributed by atoms with Crippen molar-refractivity contribution < 1.29 is 12.8 Å². The molecule has 0 saturated carbocycles. The van der Waals surface area contributed by atoms with Gasteiger partial charge in [0, 0.05) is 36.2 Å². The summed E-state index contributed by atoms with van der Waals surface area (Å²) in [5.41, 5.74) is 6.06. The number of aryl methyl sites for hydroxylation is 1. The normalized spacial score (nSPS) is 20.7. The Balaban J connectivity index is 2.37. The molecule has 118 valence electrons. The summed E-state index contributed by atoms with van der Waals surface area (Å²) >= 11 is 1.81. The van der Waals surface area contributed by atoms with Gasteiger partial charge in [0.05, 0.1) is 4.90 Å². The quantitative estimate of drug-likeness (QED) is 0.917. The van der Waals surface area contributed by atoms with Crippen LogP contribution in [0, 0.1) is 12.7 Å². The van der Waals surface area contributed by atoms with Crippen LogP contribution in [-0.4, -0.2) is 36.8 Å². The summed E-state index contributed by atoms with van der Waals surface area (Å²) in [6.07, 6.45) is 0.938. The zero-order valence-electron chi connectivity index (χ0n) is 12.3. The molecule has 2 rings (SSSR count). The van der Waals surface area contributed by atoms with E-state index in [0.29, 0.717) is 23.9 Å². The van der Waals surface area contributed by atoms with Crippen LogP contribution in [0.4, 0.5) is 4.39 Å². The lowest BCUT2D eigenvalue weighted by Gasteiger charge is -2.31. The average molecular weight is 332 g/mol. The molecule has 1 aliphatic heterocycles. The van der Waals surface area contributed by atoms with E-state index in [9.17, 15) is 12.8 Å². The number of rotatable bonds is 4. The minimum absolute atomic E-state index is 0.0104. The number of hydrogen-bond acceptors (Lipinski definition) is 4. The maximum Gasteiger partial charge on any atom is 0.243 e. The lowest BCUT2D eigenvalue weighted by Crippen LogP contribution is -2.41. The highest BCUT2D eigenvalue weighted by Crippen LogP contribution is 2.27. The van der Waals surface area contributed by atoms with Crippen LogP contribution < -0.4 is 5.73 Å². The average Bonchev–Trinajstić information content (AvgIpc) is 2.49. The smallest absolute Gasteiger partial charge is 0.243 e. The van der Waals surface area contributed by atoms with Crippen LogP contribution in [0.1, 0.15) is 24.5 Å². The minimum Gasteiger partial charge on any atom is -0.326 e. The fourth-order valence-corrected chi connectivity index (χ4v) is 5.42. The number of sulfonamides is 1. The summed E-state index contributed by atoms with van der Waals surface area (Å²) in [5, 5.41) is 0.323. The maximum atomic E-state index is 13.8. The summed E-state index contributed by atoms with van der Waals surface area (Å²) in [5.74, 6) is 0.374. The van der Waals surface area contributed by atoms with Crippen LogP contribution >= 0.6 is 11.8 Å². The van der Waals surface area contributed by atoms with Crippen molar-refractivity contribution in [1.29, 1.82) is 0 Å². The van der Waals surface area contributed by atoms with Gasteiger partial charge in [-0.25, -0.2) is 12.8 Å². The van der Waals surface area contributed by atoms with Crippen molar-refractivity contribution in [1.82, 2.24) is 4.31 Å². The molecule has 0 spiro atoms. The molecule has 1 aliphatic rings. The molecule has 1 unspecified atom stereocenters.